The second-order valence-electron chi connectivity index (χ2n) is 6.37. The van der Waals surface area contributed by atoms with Gasteiger partial charge in [0.1, 0.15) is 0 Å². The number of hydrogen-bond donors (Lipinski definition) is 1. The molecule has 0 aliphatic carbocycles. The van der Waals surface area contributed by atoms with E-state index in [0.717, 1.165) is 52.1 Å². The van der Waals surface area contributed by atoms with Gasteiger partial charge in [-0.25, -0.2) is 0 Å². The van der Waals surface area contributed by atoms with Crippen molar-refractivity contribution >= 4 is 24.2 Å². The first-order valence-electron chi connectivity index (χ1n) is 8.36. The SMILES string of the molecule is CCN(CC)C(=O)CCC(=O)N1CCC2(CCNC2)CC1.Cl. The maximum atomic E-state index is 12.2. The third-order valence-corrected chi connectivity index (χ3v) is 5.18. The van der Waals surface area contributed by atoms with Gasteiger partial charge >= 0.3 is 0 Å². The summed E-state index contributed by atoms with van der Waals surface area (Å²) in [6.45, 7) is 9.35. The molecule has 5 nitrogen and oxygen atoms in total. The average molecular weight is 332 g/mol. The molecule has 2 rings (SSSR count). The third-order valence-electron chi connectivity index (χ3n) is 5.18. The molecule has 22 heavy (non-hydrogen) atoms. The van der Waals surface area contributed by atoms with Crippen LogP contribution in [-0.2, 0) is 9.59 Å². The third kappa shape index (κ3) is 4.59. The van der Waals surface area contributed by atoms with Crippen LogP contribution in [0.25, 0.3) is 0 Å². The Morgan fingerprint density at radius 2 is 1.73 bits per heavy atom. The van der Waals surface area contributed by atoms with Crippen molar-refractivity contribution in [2.45, 2.75) is 46.0 Å². The standard InChI is InChI=1S/C16H29N3O2.ClH/c1-3-18(4-2)14(20)5-6-15(21)19-11-8-16(9-12-19)7-10-17-13-16;/h17H,3-13H2,1-2H3;1H. The van der Waals surface area contributed by atoms with Gasteiger partial charge in [0.05, 0.1) is 0 Å². The van der Waals surface area contributed by atoms with Crippen LogP contribution < -0.4 is 5.32 Å². The lowest BCUT2D eigenvalue weighted by atomic mass is 9.78. The Morgan fingerprint density at radius 3 is 2.23 bits per heavy atom. The number of nitrogens with one attached hydrogen (secondary N) is 1. The molecule has 0 saturated carbocycles. The second-order valence-corrected chi connectivity index (χ2v) is 6.37. The monoisotopic (exact) mass is 331 g/mol. The molecular weight excluding hydrogens is 302 g/mol. The Hall–Kier alpha value is -0.810. The van der Waals surface area contributed by atoms with Crippen molar-refractivity contribution in [3.63, 3.8) is 0 Å². The Bertz CT molecular complexity index is 370. The molecular formula is C16H30ClN3O2. The van der Waals surface area contributed by atoms with Gasteiger partial charge in [-0.15, -0.1) is 12.4 Å². The largest absolute Gasteiger partial charge is 0.343 e. The lowest BCUT2D eigenvalue weighted by Gasteiger charge is -2.39. The van der Waals surface area contributed by atoms with Crippen LogP contribution in [0, 0.1) is 5.41 Å². The summed E-state index contributed by atoms with van der Waals surface area (Å²) in [6.07, 6.45) is 4.17. The quantitative estimate of drug-likeness (QED) is 0.833. The number of hydrogen-bond acceptors (Lipinski definition) is 3. The number of likely N-dealkylation sites (tertiary alicyclic amines) is 1. The van der Waals surface area contributed by atoms with Crippen molar-refractivity contribution in [3.05, 3.63) is 0 Å². The molecule has 2 saturated heterocycles. The van der Waals surface area contributed by atoms with Gasteiger partial charge in [-0.3, -0.25) is 9.59 Å². The Balaban J connectivity index is 0.00000242. The molecule has 6 heteroatoms. The van der Waals surface area contributed by atoms with E-state index in [1.54, 1.807) is 4.90 Å². The van der Waals surface area contributed by atoms with E-state index in [-0.39, 0.29) is 24.2 Å². The Kier molecular flexibility index (Phi) is 7.63. The lowest BCUT2D eigenvalue weighted by Crippen LogP contribution is -2.44. The number of rotatable bonds is 5. The zero-order chi connectivity index (χ0) is 15.3. The highest BCUT2D eigenvalue weighted by Gasteiger charge is 2.37. The predicted octanol–water partition coefficient (Wildman–Crippen LogP) is 1.66. The molecule has 0 bridgehead atoms. The van der Waals surface area contributed by atoms with E-state index in [1.165, 1.54) is 6.42 Å². The van der Waals surface area contributed by atoms with Crippen molar-refractivity contribution < 1.29 is 9.59 Å². The van der Waals surface area contributed by atoms with E-state index in [2.05, 4.69) is 5.32 Å². The smallest absolute Gasteiger partial charge is 0.223 e. The summed E-state index contributed by atoms with van der Waals surface area (Å²) >= 11 is 0. The second kappa shape index (κ2) is 8.73. The fourth-order valence-corrected chi connectivity index (χ4v) is 3.56. The molecule has 0 radical (unpaired) electrons. The number of carbonyl (C=O) groups is 2. The molecule has 2 aliphatic rings. The van der Waals surface area contributed by atoms with E-state index < -0.39 is 0 Å². The molecule has 1 N–H and O–H groups in total. The van der Waals surface area contributed by atoms with E-state index in [4.69, 9.17) is 0 Å². The van der Waals surface area contributed by atoms with Crippen LogP contribution >= 0.6 is 12.4 Å². The molecule has 2 amide bonds. The lowest BCUT2D eigenvalue weighted by molar-refractivity contribution is -0.138. The number of nitrogens with zero attached hydrogens (tertiary/aromatic N) is 2. The summed E-state index contributed by atoms with van der Waals surface area (Å²) in [5.74, 6) is 0.248. The molecule has 2 heterocycles. The Labute approximate surface area is 140 Å². The number of halogens is 1. The minimum atomic E-state index is 0. The summed E-state index contributed by atoms with van der Waals surface area (Å²) in [4.78, 5) is 27.9. The van der Waals surface area contributed by atoms with Gasteiger partial charge in [0.25, 0.3) is 0 Å². The van der Waals surface area contributed by atoms with Crippen molar-refractivity contribution in [2.75, 3.05) is 39.3 Å². The first kappa shape index (κ1) is 19.2. The summed E-state index contributed by atoms with van der Waals surface area (Å²) in [7, 11) is 0. The van der Waals surface area contributed by atoms with Crippen LogP contribution in [0.2, 0.25) is 0 Å². The normalized spacial score (nSPS) is 19.8. The summed E-state index contributed by atoms with van der Waals surface area (Å²) in [5, 5.41) is 3.44. The van der Waals surface area contributed by atoms with Crippen molar-refractivity contribution in [3.8, 4) is 0 Å². The number of amides is 2. The minimum absolute atomic E-state index is 0. The van der Waals surface area contributed by atoms with E-state index in [0.29, 0.717) is 18.3 Å². The zero-order valence-corrected chi connectivity index (χ0v) is 14.7. The van der Waals surface area contributed by atoms with Gasteiger partial charge in [-0.05, 0) is 45.1 Å². The fourth-order valence-electron chi connectivity index (χ4n) is 3.56. The van der Waals surface area contributed by atoms with Crippen molar-refractivity contribution in [1.29, 1.82) is 0 Å². The molecule has 128 valence electrons. The van der Waals surface area contributed by atoms with Gasteiger partial charge in [0.15, 0.2) is 0 Å². The molecule has 1 spiro atoms. The van der Waals surface area contributed by atoms with Crippen LogP contribution in [0.5, 0.6) is 0 Å². The predicted molar refractivity (Wildman–Crippen MR) is 90.1 cm³/mol. The maximum Gasteiger partial charge on any atom is 0.223 e. The highest BCUT2D eigenvalue weighted by atomic mass is 35.5. The van der Waals surface area contributed by atoms with Gasteiger partial charge in [-0.2, -0.15) is 0 Å². The minimum Gasteiger partial charge on any atom is -0.343 e. The van der Waals surface area contributed by atoms with Crippen LogP contribution in [-0.4, -0.2) is 60.9 Å². The highest BCUT2D eigenvalue weighted by molar-refractivity contribution is 5.85. The number of carbonyl (C=O) groups excluding carboxylic acids is 2. The van der Waals surface area contributed by atoms with Crippen molar-refractivity contribution in [2.24, 2.45) is 5.41 Å². The van der Waals surface area contributed by atoms with Crippen LogP contribution in [0.4, 0.5) is 0 Å². The highest BCUT2D eigenvalue weighted by Crippen LogP contribution is 2.36. The first-order valence-corrected chi connectivity index (χ1v) is 8.36. The van der Waals surface area contributed by atoms with E-state index >= 15 is 0 Å². The van der Waals surface area contributed by atoms with Gasteiger partial charge in [0.2, 0.25) is 11.8 Å². The number of piperidine rings is 1. The molecule has 0 aromatic carbocycles. The molecule has 0 atom stereocenters. The van der Waals surface area contributed by atoms with Gasteiger partial charge in [-0.1, -0.05) is 0 Å². The van der Waals surface area contributed by atoms with E-state index in [9.17, 15) is 9.59 Å². The van der Waals surface area contributed by atoms with E-state index in [1.807, 2.05) is 18.7 Å². The summed E-state index contributed by atoms with van der Waals surface area (Å²) < 4.78 is 0. The Morgan fingerprint density at radius 1 is 1.09 bits per heavy atom. The van der Waals surface area contributed by atoms with Crippen LogP contribution in [0.3, 0.4) is 0 Å². The zero-order valence-electron chi connectivity index (χ0n) is 13.9. The molecule has 0 aromatic rings. The maximum absolute atomic E-state index is 12.2. The summed E-state index contributed by atoms with van der Waals surface area (Å²) in [6, 6.07) is 0. The topological polar surface area (TPSA) is 52.7 Å². The summed E-state index contributed by atoms with van der Waals surface area (Å²) in [5.41, 5.74) is 0.438. The molecule has 2 fully saturated rings. The van der Waals surface area contributed by atoms with Crippen LogP contribution in [0.1, 0.15) is 46.0 Å². The van der Waals surface area contributed by atoms with Gasteiger partial charge in [0, 0.05) is 45.6 Å². The molecule has 0 aromatic heterocycles. The average Bonchev–Trinajstić information content (AvgIpc) is 2.95. The first-order chi connectivity index (χ1) is 10.1. The van der Waals surface area contributed by atoms with Crippen molar-refractivity contribution in [1.82, 2.24) is 15.1 Å². The fraction of sp³-hybridized carbons (Fsp3) is 0.875. The molecule has 2 aliphatic heterocycles. The molecule has 0 unspecified atom stereocenters. The van der Waals surface area contributed by atoms with Crippen LogP contribution in [0.15, 0.2) is 0 Å². The van der Waals surface area contributed by atoms with Gasteiger partial charge < -0.3 is 15.1 Å².